The molecule has 1 aromatic carbocycles. The summed E-state index contributed by atoms with van der Waals surface area (Å²) in [5.74, 6) is -2.04. The van der Waals surface area contributed by atoms with Gasteiger partial charge >= 0.3 is 6.09 Å². The minimum atomic E-state index is -0.902. The van der Waals surface area contributed by atoms with Crippen LogP contribution in [0, 0.1) is 5.92 Å². The first kappa shape index (κ1) is 51.2. The average Bonchev–Trinajstić information content (AvgIpc) is 4.05. The number of benzene rings is 1. The number of carbonyl (C=O) groups is 7. The molecule has 3 aromatic rings. The topological polar surface area (TPSA) is 299 Å². The zero-order valence-corrected chi connectivity index (χ0v) is 36.7. The summed E-state index contributed by atoms with van der Waals surface area (Å²) in [5, 5.41) is 26.6. The number of aliphatic hydroxyl groups excluding tert-OH is 2. The molecule has 7 amide bonds. The van der Waals surface area contributed by atoms with Gasteiger partial charge in [-0.3, -0.25) is 33.7 Å². The van der Waals surface area contributed by atoms with Crippen molar-refractivity contribution in [3.05, 3.63) is 54.6 Å². The summed E-state index contributed by atoms with van der Waals surface area (Å²) < 4.78 is 13.4. The molecule has 0 spiro atoms. The number of amides is 7. The molecule has 63 heavy (non-hydrogen) atoms. The smallest absolute Gasteiger partial charge is 0.410 e. The van der Waals surface area contributed by atoms with Crippen molar-refractivity contribution < 1.29 is 53.2 Å². The van der Waals surface area contributed by atoms with Crippen LogP contribution in [0.15, 0.2) is 49.1 Å². The van der Waals surface area contributed by atoms with Crippen LogP contribution in [0.5, 0.6) is 0 Å². The summed E-state index contributed by atoms with van der Waals surface area (Å²) in [4.78, 5) is 101. The predicted molar refractivity (Wildman–Crippen MR) is 232 cm³/mol. The number of aromatic amines is 1. The minimum absolute atomic E-state index is 0.0174. The van der Waals surface area contributed by atoms with Crippen molar-refractivity contribution >= 4 is 76.2 Å². The van der Waals surface area contributed by atoms with Crippen LogP contribution in [0.25, 0.3) is 11.2 Å². The van der Waals surface area contributed by atoms with E-state index < -0.39 is 41.7 Å². The third kappa shape index (κ3) is 17.6. The number of H-pyrrole nitrogens is 1. The molecule has 22 nitrogen and oxygen atoms in total. The molecule has 344 valence electrons. The van der Waals surface area contributed by atoms with Crippen molar-refractivity contribution in [2.24, 2.45) is 5.92 Å². The Balaban J connectivity index is 0.000000338. The molecule has 3 unspecified atom stereocenters. The molecular formula is C40H57N11O11S. The molecule has 6 rings (SSSR count). The van der Waals surface area contributed by atoms with E-state index in [0.717, 1.165) is 53.9 Å². The van der Waals surface area contributed by atoms with E-state index in [1.165, 1.54) is 25.2 Å². The number of imide groups is 1. The number of aromatic nitrogens is 4. The van der Waals surface area contributed by atoms with E-state index in [0.29, 0.717) is 44.1 Å². The van der Waals surface area contributed by atoms with Crippen LogP contribution in [-0.4, -0.2) is 152 Å². The first-order chi connectivity index (χ1) is 30.2. The highest BCUT2D eigenvalue weighted by atomic mass is 32.2. The summed E-state index contributed by atoms with van der Waals surface area (Å²) in [6.07, 6.45) is 8.95. The second kappa shape index (κ2) is 27.0. The molecule has 0 aliphatic carbocycles. The highest BCUT2D eigenvalue weighted by molar-refractivity contribution is 7.99. The summed E-state index contributed by atoms with van der Waals surface area (Å²) in [5.41, 5.74) is 2.80. The van der Waals surface area contributed by atoms with Crippen molar-refractivity contribution in [3.8, 4) is 0 Å². The number of rotatable bonds is 14. The lowest BCUT2D eigenvalue weighted by molar-refractivity contribution is -0.137. The van der Waals surface area contributed by atoms with Gasteiger partial charge in [0.25, 0.3) is 11.8 Å². The summed E-state index contributed by atoms with van der Waals surface area (Å²) >= 11 is 1.48. The number of carbonyl (C=O) groups excluding carboxylic acids is 7. The molecule has 2 fully saturated rings. The van der Waals surface area contributed by atoms with E-state index in [1.807, 2.05) is 6.26 Å². The fourth-order valence-corrected chi connectivity index (χ4v) is 6.43. The summed E-state index contributed by atoms with van der Waals surface area (Å²) in [6.45, 7) is 6.99. The second-order valence-electron chi connectivity index (χ2n) is 14.4. The highest BCUT2D eigenvalue weighted by Gasteiger charge is 2.27. The first-order valence-electron chi connectivity index (χ1n) is 20.1. The number of ether oxygens (including phenoxy) is 2. The Hall–Kier alpha value is -6.17. The van der Waals surface area contributed by atoms with Crippen LogP contribution in [0.3, 0.4) is 0 Å². The number of imidazole rings is 1. The summed E-state index contributed by atoms with van der Waals surface area (Å²) in [6, 6.07) is 5.88. The van der Waals surface area contributed by atoms with Gasteiger partial charge in [0, 0.05) is 64.2 Å². The molecular weight excluding hydrogens is 843 g/mol. The average molecular weight is 900 g/mol. The fraction of sp³-hybridized carbons (Fsp3) is 0.500. The van der Waals surface area contributed by atoms with Crippen molar-refractivity contribution in [1.29, 1.82) is 0 Å². The Morgan fingerprint density at radius 2 is 1.67 bits per heavy atom. The lowest BCUT2D eigenvalue weighted by atomic mass is 10.0. The highest BCUT2D eigenvalue weighted by Crippen LogP contribution is 2.17. The van der Waals surface area contributed by atoms with Gasteiger partial charge in [-0.2, -0.15) is 0 Å². The maximum absolute atomic E-state index is 12.6. The summed E-state index contributed by atoms with van der Waals surface area (Å²) in [7, 11) is 1.00. The molecule has 3 aliphatic rings. The first-order valence-corrected chi connectivity index (χ1v) is 21.3. The van der Waals surface area contributed by atoms with Gasteiger partial charge in [0.05, 0.1) is 38.2 Å². The van der Waals surface area contributed by atoms with Crippen LogP contribution in [0.2, 0.25) is 0 Å². The van der Waals surface area contributed by atoms with E-state index >= 15 is 0 Å². The SMILES string of the molecule is CC(=O)NC1COCC(O)C1.CC(C)C(NC(=O)CCN1C(=O)C=CC1=O)C(=O)NCC(=O)Nc1ccc(COC(=O)N2CCCC2)cc1.CO.CSNc1ncnc2nc[nH]c12. The molecule has 5 heterocycles. The van der Waals surface area contributed by atoms with Gasteiger partial charge in [0.2, 0.25) is 23.6 Å². The van der Waals surface area contributed by atoms with E-state index in [-0.39, 0.29) is 50.1 Å². The monoisotopic (exact) mass is 899 g/mol. The van der Waals surface area contributed by atoms with E-state index in [2.05, 4.69) is 45.9 Å². The lowest BCUT2D eigenvalue weighted by Crippen LogP contribution is -2.51. The zero-order valence-electron chi connectivity index (χ0n) is 35.9. The van der Waals surface area contributed by atoms with Gasteiger partial charge in [0.15, 0.2) is 11.5 Å². The van der Waals surface area contributed by atoms with Gasteiger partial charge in [-0.1, -0.05) is 37.9 Å². The Morgan fingerprint density at radius 3 is 2.29 bits per heavy atom. The number of hydrogen-bond acceptors (Lipinski definition) is 16. The van der Waals surface area contributed by atoms with Gasteiger partial charge in [-0.25, -0.2) is 19.7 Å². The molecule has 0 saturated carbocycles. The largest absolute Gasteiger partial charge is 0.445 e. The molecule has 2 aromatic heterocycles. The molecule has 3 atom stereocenters. The third-order valence-electron chi connectivity index (χ3n) is 9.13. The second-order valence-corrected chi connectivity index (χ2v) is 15.0. The number of fused-ring (bicyclic) bond motifs is 1. The van der Waals surface area contributed by atoms with Crippen LogP contribution < -0.4 is 26.0 Å². The van der Waals surface area contributed by atoms with Crippen LogP contribution in [-0.2, 0) is 44.8 Å². The Labute approximate surface area is 368 Å². The quantitative estimate of drug-likeness (QED) is 0.0822. The molecule has 2 saturated heterocycles. The van der Waals surface area contributed by atoms with Crippen molar-refractivity contribution in [1.82, 2.24) is 45.7 Å². The maximum atomic E-state index is 12.6. The van der Waals surface area contributed by atoms with Crippen LogP contribution in [0.1, 0.15) is 52.0 Å². The molecule has 3 aliphatic heterocycles. The Kier molecular flexibility index (Phi) is 21.9. The third-order valence-corrected chi connectivity index (χ3v) is 9.53. The van der Waals surface area contributed by atoms with Crippen LogP contribution in [0.4, 0.5) is 16.3 Å². The van der Waals surface area contributed by atoms with Crippen molar-refractivity contribution in [3.63, 3.8) is 0 Å². The lowest BCUT2D eigenvalue weighted by Gasteiger charge is -2.26. The molecule has 23 heteroatoms. The standard InChI is InChI=1S/C26H33N5O7.C7H13NO3.C6H7N5S.CH4O/c1-17(2)24(29-20(32)11-14-31-22(34)9-10-23(31)35)25(36)27-15-21(33)28-19-7-5-18(6-8-19)16-38-26(37)30-12-3-4-13-30;1-5(9)8-6-2-7(10)4-11-3-6;1-12-11-6-4-5(8-2-7-4)9-3-10-6;1-2/h5-10,17,24H,3-4,11-16H2,1-2H3,(H,27,36)(H,28,33)(H,29,32);6-7,10H,2-4H2,1H3,(H,8,9);2-3H,1H3,(H2,7,8,9,10,11);2H,1H3. The number of likely N-dealkylation sites (tertiary alicyclic amines) is 1. The van der Waals surface area contributed by atoms with Crippen molar-refractivity contribution in [2.45, 2.75) is 71.2 Å². The number of hydrogen-bond donors (Lipinski definition) is 8. The van der Waals surface area contributed by atoms with E-state index in [1.54, 1.807) is 49.3 Å². The predicted octanol–water partition coefficient (Wildman–Crippen LogP) is 0.853. The van der Waals surface area contributed by atoms with E-state index in [4.69, 9.17) is 19.7 Å². The zero-order chi connectivity index (χ0) is 46.3. The fourth-order valence-electron chi connectivity index (χ4n) is 6.09. The molecule has 0 bridgehead atoms. The van der Waals surface area contributed by atoms with Gasteiger partial charge in [0.1, 0.15) is 24.5 Å². The Bertz CT molecular complexity index is 1990. The number of nitrogens with one attached hydrogen (secondary N) is 6. The normalized spacial score (nSPS) is 17.0. The number of aliphatic hydroxyl groups is 2. The number of anilines is 2. The minimum Gasteiger partial charge on any atom is -0.445 e. The van der Waals surface area contributed by atoms with Gasteiger partial charge in [-0.15, -0.1) is 0 Å². The van der Waals surface area contributed by atoms with Gasteiger partial charge < -0.3 is 55.6 Å². The van der Waals surface area contributed by atoms with Crippen molar-refractivity contribution in [2.75, 3.05) is 62.8 Å². The Morgan fingerprint density at radius 1 is 0.984 bits per heavy atom. The van der Waals surface area contributed by atoms with Gasteiger partial charge in [-0.05, 0) is 42.9 Å². The molecule has 0 radical (unpaired) electrons. The number of nitrogens with zero attached hydrogens (tertiary/aromatic N) is 5. The molecule has 8 N–H and O–H groups in total. The van der Waals surface area contributed by atoms with Crippen LogP contribution >= 0.6 is 11.9 Å². The van der Waals surface area contributed by atoms with E-state index in [9.17, 15) is 33.6 Å². The maximum Gasteiger partial charge on any atom is 0.410 e.